The Morgan fingerprint density at radius 3 is 2.28 bits per heavy atom. The molecule has 1 aliphatic rings. The van der Waals surface area contributed by atoms with Gasteiger partial charge in [-0.05, 0) is 58.0 Å². The molecule has 14 heteroatoms. The first kappa shape index (κ1) is 32.3. The second-order valence-corrected chi connectivity index (χ2v) is 10.7. The van der Waals surface area contributed by atoms with Crippen LogP contribution in [0, 0.1) is 0 Å². The molecule has 0 bridgehead atoms. The summed E-state index contributed by atoms with van der Waals surface area (Å²) in [6.07, 6.45) is -1.54. The minimum absolute atomic E-state index is 0.0258. The largest absolute Gasteiger partial charge is 0.490 e. The molecule has 43 heavy (non-hydrogen) atoms. The number of aliphatic carboxylic acids is 1. The number of nitrogens with one attached hydrogen (secondary N) is 1. The zero-order chi connectivity index (χ0) is 31.5. The van der Waals surface area contributed by atoms with Gasteiger partial charge in [0.15, 0.2) is 0 Å². The maximum absolute atomic E-state index is 14.1. The van der Waals surface area contributed by atoms with E-state index in [1.54, 1.807) is 17.0 Å². The van der Waals surface area contributed by atoms with Crippen molar-refractivity contribution in [2.24, 2.45) is 0 Å². The van der Waals surface area contributed by atoms with Crippen LogP contribution < -0.4 is 10.9 Å². The van der Waals surface area contributed by atoms with Gasteiger partial charge < -0.3 is 24.5 Å². The van der Waals surface area contributed by atoms with Gasteiger partial charge in [0.05, 0.1) is 21.1 Å². The molecule has 0 saturated carbocycles. The van der Waals surface area contributed by atoms with E-state index in [2.05, 4.69) is 5.32 Å². The molecule has 2 aromatic carbocycles. The van der Waals surface area contributed by atoms with E-state index in [4.69, 9.17) is 38.1 Å². The molecule has 9 nitrogen and oxygen atoms in total. The molecule has 0 unspecified atom stereocenters. The highest BCUT2D eigenvalue weighted by molar-refractivity contribution is 6.42. The standard InChI is InChI=1S/C27H29Cl2N5O2.C2HF3O2/c1-3-32(4-2)25(35)16-33-15-19(18-7-5-6-8-23(18)33)26-27(36)34(17-9-11-30-12-10-17)24-14-21(29)20(28)13-22(24)31-26;3-2(4,5)1(6)7/h5-8,13-15,17,30H,3-4,9-12,16H2,1-2H3;(H,6,7). The number of fused-ring (bicyclic) bond motifs is 2. The van der Waals surface area contributed by atoms with Crippen LogP contribution in [0.3, 0.4) is 0 Å². The molecule has 0 atom stereocenters. The smallest absolute Gasteiger partial charge is 0.475 e. The highest BCUT2D eigenvalue weighted by Gasteiger charge is 2.38. The normalized spacial score (nSPS) is 14.0. The number of hydrogen-bond acceptors (Lipinski definition) is 5. The van der Waals surface area contributed by atoms with Crippen LogP contribution in [-0.4, -0.2) is 68.4 Å². The lowest BCUT2D eigenvalue weighted by molar-refractivity contribution is -0.192. The third kappa shape index (κ3) is 6.97. The van der Waals surface area contributed by atoms with Gasteiger partial charge in [0.2, 0.25) is 5.91 Å². The molecule has 1 saturated heterocycles. The van der Waals surface area contributed by atoms with E-state index in [0.717, 1.165) is 36.8 Å². The summed E-state index contributed by atoms with van der Waals surface area (Å²) in [5.41, 5.74) is 3.09. The highest BCUT2D eigenvalue weighted by atomic mass is 35.5. The number of piperidine rings is 1. The number of carbonyl (C=O) groups excluding carboxylic acids is 1. The second kappa shape index (κ2) is 13.4. The zero-order valence-corrected chi connectivity index (χ0v) is 24.9. The summed E-state index contributed by atoms with van der Waals surface area (Å²) < 4.78 is 35.5. The molecular weight excluding hydrogens is 610 g/mol. The zero-order valence-electron chi connectivity index (χ0n) is 23.4. The Kier molecular flexibility index (Phi) is 10.0. The van der Waals surface area contributed by atoms with Gasteiger partial charge in [-0.25, -0.2) is 9.78 Å². The lowest BCUT2D eigenvalue weighted by atomic mass is 10.0. The molecule has 2 aromatic heterocycles. The van der Waals surface area contributed by atoms with Crippen molar-refractivity contribution in [3.8, 4) is 11.3 Å². The number of hydrogen-bond donors (Lipinski definition) is 2. The number of carboxylic acid groups (broad SMARTS) is 1. The summed E-state index contributed by atoms with van der Waals surface area (Å²) in [6, 6.07) is 11.3. The van der Waals surface area contributed by atoms with Crippen LogP contribution in [0.5, 0.6) is 0 Å². The molecule has 1 amide bonds. The number of amides is 1. The number of carbonyl (C=O) groups is 2. The van der Waals surface area contributed by atoms with Crippen LogP contribution in [0.1, 0.15) is 32.7 Å². The predicted molar refractivity (Wildman–Crippen MR) is 160 cm³/mol. The fourth-order valence-electron chi connectivity index (χ4n) is 5.19. The van der Waals surface area contributed by atoms with E-state index in [-0.39, 0.29) is 24.1 Å². The van der Waals surface area contributed by atoms with Crippen molar-refractivity contribution >= 4 is 57.0 Å². The number of benzene rings is 2. The van der Waals surface area contributed by atoms with E-state index >= 15 is 0 Å². The van der Waals surface area contributed by atoms with Crippen molar-refractivity contribution in [3.63, 3.8) is 0 Å². The Morgan fingerprint density at radius 1 is 1.07 bits per heavy atom. The van der Waals surface area contributed by atoms with E-state index in [1.165, 1.54) is 0 Å². The number of halogens is 5. The van der Waals surface area contributed by atoms with Gasteiger partial charge >= 0.3 is 12.1 Å². The summed E-state index contributed by atoms with van der Waals surface area (Å²) in [7, 11) is 0. The third-order valence-electron chi connectivity index (χ3n) is 7.31. The summed E-state index contributed by atoms with van der Waals surface area (Å²) in [6.45, 7) is 7.12. The molecule has 3 heterocycles. The van der Waals surface area contributed by atoms with E-state index in [9.17, 15) is 22.8 Å². The average Bonchev–Trinajstić information content (AvgIpc) is 3.32. The van der Waals surface area contributed by atoms with Crippen molar-refractivity contribution in [2.75, 3.05) is 26.2 Å². The molecule has 0 radical (unpaired) electrons. The number of nitrogens with zero attached hydrogens (tertiary/aromatic N) is 4. The first-order valence-corrected chi connectivity index (χ1v) is 14.4. The molecule has 2 N–H and O–H groups in total. The Labute approximate surface area is 254 Å². The Bertz CT molecular complexity index is 1710. The summed E-state index contributed by atoms with van der Waals surface area (Å²) in [5.74, 6) is -2.72. The maximum atomic E-state index is 14.1. The van der Waals surface area contributed by atoms with Gasteiger partial charge in [-0.15, -0.1) is 0 Å². The van der Waals surface area contributed by atoms with Crippen LogP contribution in [0.25, 0.3) is 33.2 Å². The fraction of sp³-hybridized carbons (Fsp3) is 0.379. The number of alkyl halides is 3. The quantitative estimate of drug-likeness (QED) is 0.278. The minimum atomic E-state index is -5.08. The van der Waals surface area contributed by atoms with Crippen molar-refractivity contribution in [1.82, 2.24) is 24.3 Å². The van der Waals surface area contributed by atoms with Crippen molar-refractivity contribution < 1.29 is 27.9 Å². The highest BCUT2D eigenvalue weighted by Crippen LogP contribution is 2.33. The average molecular weight is 640 g/mol. The van der Waals surface area contributed by atoms with Gasteiger partial charge in [0.25, 0.3) is 5.56 Å². The van der Waals surface area contributed by atoms with Gasteiger partial charge in [0.1, 0.15) is 12.2 Å². The number of aromatic nitrogens is 3. The van der Waals surface area contributed by atoms with Gasteiger partial charge in [-0.1, -0.05) is 41.4 Å². The van der Waals surface area contributed by atoms with Gasteiger partial charge in [0, 0.05) is 41.8 Å². The molecule has 1 aliphatic heterocycles. The number of rotatable bonds is 6. The summed E-state index contributed by atoms with van der Waals surface area (Å²) in [5, 5.41) is 12.2. The first-order chi connectivity index (χ1) is 20.4. The monoisotopic (exact) mass is 639 g/mol. The number of likely N-dealkylation sites (N-methyl/N-ethyl adjacent to an activating group) is 1. The molecule has 0 spiro atoms. The maximum Gasteiger partial charge on any atom is 0.490 e. The van der Waals surface area contributed by atoms with Crippen LogP contribution in [0.15, 0.2) is 47.4 Å². The van der Waals surface area contributed by atoms with Crippen LogP contribution in [0.4, 0.5) is 13.2 Å². The fourth-order valence-corrected chi connectivity index (χ4v) is 5.51. The second-order valence-electron chi connectivity index (χ2n) is 9.93. The van der Waals surface area contributed by atoms with E-state index in [1.807, 2.05) is 53.4 Å². The molecule has 1 fully saturated rings. The molecule has 230 valence electrons. The van der Waals surface area contributed by atoms with Crippen LogP contribution >= 0.6 is 23.2 Å². The number of carboxylic acids is 1. The topological polar surface area (TPSA) is 109 Å². The minimum Gasteiger partial charge on any atom is -0.475 e. The van der Waals surface area contributed by atoms with Gasteiger partial charge in [-0.2, -0.15) is 13.2 Å². The predicted octanol–water partition coefficient (Wildman–Crippen LogP) is 5.75. The molecule has 4 aromatic rings. The van der Waals surface area contributed by atoms with Crippen LogP contribution in [-0.2, 0) is 16.1 Å². The van der Waals surface area contributed by atoms with Crippen LogP contribution in [0.2, 0.25) is 10.0 Å². The molecular formula is C29H30Cl2F3N5O4. The van der Waals surface area contributed by atoms with Crippen molar-refractivity contribution in [1.29, 1.82) is 0 Å². The third-order valence-corrected chi connectivity index (χ3v) is 8.03. The molecule has 0 aliphatic carbocycles. The lowest BCUT2D eigenvalue weighted by Gasteiger charge is -2.26. The van der Waals surface area contributed by atoms with Crippen molar-refractivity contribution in [2.45, 2.75) is 45.5 Å². The SMILES string of the molecule is CCN(CC)C(=O)Cn1cc(-c2nc3cc(Cl)c(Cl)cc3n(C3CCNCC3)c2=O)c2ccccc21.O=C(O)C(F)(F)F. The number of para-hydroxylation sites is 1. The van der Waals surface area contributed by atoms with E-state index in [0.29, 0.717) is 45.4 Å². The van der Waals surface area contributed by atoms with E-state index < -0.39 is 12.1 Å². The summed E-state index contributed by atoms with van der Waals surface area (Å²) >= 11 is 12.7. The summed E-state index contributed by atoms with van der Waals surface area (Å²) in [4.78, 5) is 42.5. The Morgan fingerprint density at radius 2 is 1.67 bits per heavy atom. The lowest BCUT2D eigenvalue weighted by Crippen LogP contribution is -2.35. The van der Waals surface area contributed by atoms with Gasteiger partial charge in [-0.3, -0.25) is 9.59 Å². The first-order valence-electron chi connectivity index (χ1n) is 13.6. The molecule has 5 rings (SSSR count). The Hall–Kier alpha value is -3.61. The Balaban J connectivity index is 0.000000541. The van der Waals surface area contributed by atoms with Crippen molar-refractivity contribution in [3.05, 3.63) is 63.0 Å².